The minimum atomic E-state index is -0.0652. The molecule has 2 aliphatic rings. The molecule has 0 aromatic heterocycles. The third-order valence-electron chi connectivity index (χ3n) is 3.66. The summed E-state index contributed by atoms with van der Waals surface area (Å²) in [4.78, 5) is 12.1. The van der Waals surface area contributed by atoms with Gasteiger partial charge in [-0.15, -0.1) is 0 Å². The van der Waals surface area contributed by atoms with Crippen molar-refractivity contribution in [2.75, 3.05) is 13.1 Å². The van der Waals surface area contributed by atoms with Crippen molar-refractivity contribution < 1.29 is 4.79 Å². The highest BCUT2D eigenvalue weighted by atomic mass is 16.2. The van der Waals surface area contributed by atoms with Crippen LogP contribution in [0, 0.1) is 11.3 Å². The number of fused-ring (bicyclic) bond motifs is 1. The van der Waals surface area contributed by atoms with E-state index in [2.05, 4.69) is 10.6 Å². The van der Waals surface area contributed by atoms with Crippen molar-refractivity contribution in [1.29, 1.82) is 0 Å². The van der Waals surface area contributed by atoms with Crippen molar-refractivity contribution in [2.24, 2.45) is 11.3 Å². The zero-order valence-electron chi connectivity index (χ0n) is 9.10. The molecule has 2 atom stereocenters. The molecule has 2 rings (SSSR count). The smallest absolute Gasteiger partial charge is 0.228 e. The average Bonchev–Trinajstić information content (AvgIpc) is 2.58. The molecule has 0 bridgehead atoms. The number of nitrogens with one attached hydrogen (secondary N) is 2. The van der Waals surface area contributed by atoms with Crippen LogP contribution in [0.3, 0.4) is 0 Å². The van der Waals surface area contributed by atoms with E-state index in [9.17, 15) is 4.79 Å². The zero-order chi connectivity index (χ0) is 10.2. The fourth-order valence-electron chi connectivity index (χ4n) is 2.93. The maximum Gasteiger partial charge on any atom is 0.228 e. The summed E-state index contributed by atoms with van der Waals surface area (Å²) in [5.74, 6) is 0.862. The van der Waals surface area contributed by atoms with Gasteiger partial charge >= 0.3 is 0 Å². The molecule has 1 aliphatic heterocycles. The van der Waals surface area contributed by atoms with Gasteiger partial charge in [0.15, 0.2) is 0 Å². The summed E-state index contributed by atoms with van der Waals surface area (Å²) in [6.45, 7) is 5.98. The minimum absolute atomic E-state index is 0.0652. The maximum absolute atomic E-state index is 12.1. The summed E-state index contributed by atoms with van der Waals surface area (Å²) in [7, 11) is 0. The van der Waals surface area contributed by atoms with Crippen molar-refractivity contribution in [2.45, 2.75) is 39.2 Å². The van der Waals surface area contributed by atoms with Crippen LogP contribution in [-0.2, 0) is 4.79 Å². The zero-order valence-corrected chi connectivity index (χ0v) is 9.10. The van der Waals surface area contributed by atoms with Crippen LogP contribution >= 0.6 is 0 Å². The van der Waals surface area contributed by atoms with Crippen LogP contribution in [0.5, 0.6) is 0 Å². The van der Waals surface area contributed by atoms with Crippen LogP contribution in [-0.4, -0.2) is 25.0 Å². The van der Waals surface area contributed by atoms with Crippen LogP contribution in [0.25, 0.3) is 0 Å². The third-order valence-corrected chi connectivity index (χ3v) is 3.66. The molecule has 1 aliphatic carbocycles. The molecule has 80 valence electrons. The lowest BCUT2D eigenvalue weighted by Crippen LogP contribution is -2.46. The van der Waals surface area contributed by atoms with Gasteiger partial charge < -0.3 is 10.6 Å². The SMILES string of the molecule is CC(C)NC(=O)[C@]12CCC[C@H]1CNC2. The highest BCUT2D eigenvalue weighted by Crippen LogP contribution is 2.45. The summed E-state index contributed by atoms with van der Waals surface area (Å²) in [5, 5.41) is 6.43. The van der Waals surface area contributed by atoms with Gasteiger partial charge in [0.05, 0.1) is 5.41 Å². The molecule has 1 saturated carbocycles. The summed E-state index contributed by atoms with van der Waals surface area (Å²) >= 11 is 0. The molecule has 0 spiro atoms. The van der Waals surface area contributed by atoms with E-state index in [-0.39, 0.29) is 17.4 Å². The lowest BCUT2D eigenvalue weighted by atomic mass is 9.79. The number of hydrogen-bond donors (Lipinski definition) is 2. The van der Waals surface area contributed by atoms with Gasteiger partial charge in [-0.1, -0.05) is 6.42 Å². The molecule has 3 heteroatoms. The lowest BCUT2D eigenvalue weighted by molar-refractivity contribution is -0.131. The van der Waals surface area contributed by atoms with Crippen LogP contribution < -0.4 is 10.6 Å². The van der Waals surface area contributed by atoms with E-state index in [0.29, 0.717) is 5.92 Å². The summed E-state index contributed by atoms with van der Waals surface area (Å²) < 4.78 is 0. The Morgan fingerprint density at radius 1 is 1.57 bits per heavy atom. The Bertz CT molecular complexity index is 227. The summed E-state index contributed by atoms with van der Waals surface area (Å²) in [6.07, 6.45) is 3.51. The highest BCUT2D eigenvalue weighted by molar-refractivity contribution is 5.84. The van der Waals surface area contributed by atoms with Gasteiger partial charge in [-0.2, -0.15) is 0 Å². The van der Waals surface area contributed by atoms with Crippen LogP contribution in [0.4, 0.5) is 0 Å². The first-order valence-electron chi connectivity index (χ1n) is 5.67. The summed E-state index contributed by atoms with van der Waals surface area (Å²) in [5.41, 5.74) is -0.0652. The minimum Gasteiger partial charge on any atom is -0.353 e. The van der Waals surface area contributed by atoms with Gasteiger partial charge in [0, 0.05) is 12.6 Å². The molecule has 3 nitrogen and oxygen atoms in total. The first-order valence-corrected chi connectivity index (χ1v) is 5.67. The molecule has 2 N–H and O–H groups in total. The first-order chi connectivity index (χ1) is 6.65. The van der Waals surface area contributed by atoms with Crippen LogP contribution in [0.2, 0.25) is 0 Å². The van der Waals surface area contributed by atoms with Gasteiger partial charge in [-0.25, -0.2) is 0 Å². The van der Waals surface area contributed by atoms with E-state index in [1.807, 2.05) is 13.8 Å². The molecule has 14 heavy (non-hydrogen) atoms. The van der Waals surface area contributed by atoms with E-state index in [0.717, 1.165) is 19.5 Å². The Balaban J connectivity index is 2.10. The molecular weight excluding hydrogens is 176 g/mol. The molecule has 1 amide bonds. The second kappa shape index (κ2) is 3.54. The predicted octanol–water partition coefficient (Wildman–Crippen LogP) is 0.901. The number of carbonyl (C=O) groups is 1. The van der Waals surface area contributed by atoms with Gasteiger partial charge in [-0.3, -0.25) is 4.79 Å². The molecule has 0 aromatic rings. The van der Waals surface area contributed by atoms with E-state index >= 15 is 0 Å². The maximum atomic E-state index is 12.1. The van der Waals surface area contributed by atoms with Gasteiger partial charge in [0.2, 0.25) is 5.91 Å². The number of hydrogen-bond acceptors (Lipinski definition) is 2. The van der Waals surface area contributed by atoms with Crippen molar-refractivity contribution in [1.82, 2.24) is 10.6 Å². The number of carbonyl (C=O) groups excluding carboxylic acids is 1. The van der Waals surface area contributed by atoms with E-state index in [1.54, 1.807) is 0 Å². The number of rotatable bonds is 2. The molecule has 0 radical (unpaired) electrons. The topological polar surface area (TPSA) is 41.1 Å². The third kappa shape index (κ3) is 1.44. The number of amides is 1. The fourth-order valence-corrected chi connectivity index (χ4v) is 2.93. The highest BCUT2D eigenvalue weighted by Gasteiger charge is 2.51. The van der Waals surface area contributed by atoms with Gasteiger partial charge in [0.25, 0.3) is 0 Å². The van der Waals surface area contributed by atoms with Crippen LogP contribution in [0.1, 0.15) is 33.1 Å². The lowest BCUT2D eigenvalue weighted by Gasteiger charge is -2.28. The Morgan fingerprint density at radius 2 is 2.36 bits per heavy atom. The Kier molecular flexibility index (Phi) is 2.52. The van der Waals surface area contributed by atoms with E-state index < -0.39 is 0 Å². The van der Waals surface area contributed by atoms with Gasteiger partial charge in [-0.05, 0) is 39.2 Å². The Labute approximate surface area is 85.6 Å². The van der Waals surface area contributed by atoms with Crippen molar-refractivity contribution in [3.63, 3.8) is 0 Å². The van der Waals surface area contributed by atoms with Crippen LogP contribution in [0.15, 0.2) is 0 Å². The van der Waals surface area contributed by atoms with Crippen molar-refractivity contribution in [3.8, 4) is 0 Å². The Hall–Kier alpha value is -0.570. The van der Waals surface area contributed by atoms with E-state index in [1.165, 1.54) is 12.8 Å². The average molecular weight is 196 g/mol. The molecular formula is C11H20N2O. The van der Waals surface area contributed by atoms with E-state index in [4.69, 9.17) is 0 Å². The Morgan fingerprint density at radius 3 is 3.07 bits per heavy atom. The predicted molar refractivity (Wildman–Crippen MR) is 55.9 cm³/mol. The van der Waals surface area contributed by atoms with Crippen molar-refractivity contribution >= 4 is 5.91 Å². The molecule has 0 aromatic carbocycles. The fraction of sp³-hybridized carbons (Fsp3) is 0.909. The summed E-state index contributed by atoms with van der Waals surface area (Å²) in [6, 6.07) is 0.263. The van der Waals surface area contributed by atoms with Gasteiger partial charge in [0.1, 0.15) is 0 Å². The quantitative estimate of drug-likeness (QED) is 0.689. The monoisotopic (exact) mass is 196 g/mol. The molecule has 0 unspecified atom stereocenters. The van der Waals surface area contributed by atoms with Crippen molar-refractivity contribution in [3.05, 3.63) is 0 Å². The molecule has 1 saturated heterocycles. The standard InChI is InChI=1S/C11H20N2O/c1-8(2)13-10(14)11-5-3-4-9(11)6-12-7-11/h8-9,12H,3-7H2,1-2H3,(H,13,14)/t9-,11-/m0/s1. The second-order valence-corrected chi connectivity index (χ2v) is 5.00. The molecule has 1 heterocycles. The largest absolute Gasteiger partial charge is 0.353 e. The second-order valence-electron chi connectivity index (χ2n) is 5.00. The molecule has 2 fully saturated rings. The normalized spacial score (nSPS) is 36.1. The first kappa shape index (κ1) is 9.97.